The first-order chi connectivity index (χ1) is 13.1. The molecule has 0 bridgehead atoms. The highest BCUT2D eigenvalue weighted by molar-refractivity contribution is 6.10. The van der Waals surface area contributed by atoms with Gasteiger partial charge in [-0.25, -0.2) is 0 Å². The lowest BCUT2D eigenvalue weighted by Gasteiger charge is -2.19. The van der Waals surface area contributed by atoms with E-state index in [4.69, 9.17) is 0 Å². The van der Waals surface area contributed by atoms with Crippen molar-refractivity contribution >= 4 is 17.1 Å². The largest absolute Gasteiger partial charge is 0.377 e. The molecule has 0 heterocycles. The van der Waals surface area contributed by atoms with Gasteiger partial charge in [-0.1, -0.05) is 91.0 Å². The zero-order valence-corrected chi connectivity index (χ0v) is 15.7. The third kappa shape index (κ3) is 4.83. The van der Waals surface area contributed by atoms with Crippen molar-refractivity contribution in [3.63, 3.8) is 0 Å². The van der Waals surface area contributed by atoms with Crippen LogP contribution >= 0.6 is 0 Å². The number of benzene rings is 3. The fourth-order valence-corrected chi connectivity index (χ4v) is 2.89. The second kappa shape index (κ2) is 8.81. The van der Waals surface area contributed by atoms with Crippen LogP contribution in [0, 0.1) is 0 Å². The highest BCUT2D eigenvalue weighted by Gasteiger charge is 2.09. The number of hydrogen-bond donors (Lipinski definition) is 0. The van der Waals surface area contributed by atoms with Crippen molar-refractivity contribution in [1.82, 2.24) is 4.90 Å². The third-order valence-electron chi connectivity index (χ3n) is 4.30. The Kier molecular flexibility index (Phi) is 6.01. The van der Waals surface area contributed by atoms with Crippen molar-refractivity contribution in [2.24, 2.45) is 0 Å². The lowest BCUT2D eigenvalue weighted by Crippen LogP contribution is -2.10. The Hall–Kier alpha value is -3.39. The Bertz CT molecular complexity index is 939. The van der Waals surface area contributed by atoms with Gasteiger partial charge >= 0.3 is 0 Å². The Morgan fingerprint density at radius 3 is 1.56 bits per heavy atom. The van der Waals surface area contributed by atoms with Gasteiger partial charge in [0, 0.05) is 25.4 Å². The molecule has 0 spiro atoms. The summed E-state index contributed by atoms with van der Waals surface area (Å²) in [4.78, 5) is 14.9. The summed E-state index contributed by atoms with van der Waals surface area (Å²) in [5.74, 6) is -0.00290. The fourth-order valence-electron chi connectivity index (χ4n) is 2.89. The van der Waals surface area contributed by atoms with Crippen molar-refractivity contribution in [1.29, 1.82) is 0 Å². The van der Waals surface area contributed by atoms with E-state index in [1.165, 1.54) is 0 Å². The monoisotopic (exact) mass is 353 g/mol. The van der Waals surface area contributed by atoms with E-state index in [1.807, 2.05) is 93.0 Å². The Morgan fingerprint density at radius 1 is 0.630 bits per heavy atom. The maximum atomic E-state index is 12.8. The molecule has 0 aliphatic rings. The molecule has 0 atom stereocenters. The number of allylic oxidation sites excluding steroid dienone is 3. The molecule has 3 aromatic rings. The van der Waals surface area contributed by atoms with Crippen LogP contribution in [0.25, 0.3) is 11.3 Å². The molecule has 0 aliphatic heterocycles. The fraction of sp³-hybridized carbons (Fsp3) is 0.0800. The van der Waals surface area contributed by atoms with Crippen LogP contribution in [0.1, 0.15) is 21.5 Å². The molecule has 0 aliphatic carbocycles. The highest BCUT2D eigenvalue weighted by Crippen LogP contribution is 2.24. The molecule has 27 heavy (non-hydrogen) atoms. The van der Waals surface area contributed by atoms with Crippen molar-refractivity contribution in [2.45, 2.75) is 0 Å². The molecule has 2 nitrogen and oxygen atoms in total. The van der Waals surface area contributed by atoms with E-state index in [0.29, 0.717) is 5.56 Å². The molecule has 3 rings (SSSR count). The molecule has 0 fully saturated rings. The predicted octanol–water partition coefficient (Wildman–Crippen LogP) is 5.56. The van der Waals surface area contributed by atoms with Crippen LogP contribution in [0.3, 0.4) is 0 Å². The molecule has 0 saturated heterocycles. The second-order valence-corrected chi connectivity index (χ2v) is 6.49. The summed E-state index contributed by atoms with van der Waals surface area (Å²) in [7, 11) is 4.03. The maximum Gasteiger partial charge on any atom is 0.186 e. The van der Waals surface area contributed by atoms with Gasteiger partial charge in [0.05, 0.1) is 0 Å². The summed E-state index contributed by atoms with van der Waals surface area (Å²) >= 11 is 0. The summed E-state index contributed by atoms with van der Waals surface area (Å²) < 4.78 is 0. The van der Waals surface area contributed by atoms with Crippen molar-refractivity contribution < 1.29 is 4.79 Å². The molecule has 3 aromatic carbocycles. The zero-order chi connectivity index (χ0) is 19.1. The minimum absolute atomic E-state index is 0.00290. The van der Waals surface area contributed by atoms with E-state index >= 15 is 0 Å². The first-order valence-electron chi connectivity index (χ1n) is 8.96. The van der Waals surface area contributed by atoms with Gasteiger partial charge in [-0.2, -0.15) is 0 Å². The van der Waals surface area contributed by atoms with Gasteiger partial charge < -0.3 is 4.90 Å². The minimum Gasteiger partial charge on any atom is -0.377 e. The number of ketones is 1. The second-order valence-electron chi connectivity index (χ2n) is 6.49. The molecular weight excluding hydrogens is 330 g/mol. The smallest absolute Gasteiger partial charge is 0.186 e. The molecule has 0 saturated carbocycles. The third-order valence-corrected chi connectivity index (χ3v) is 4.30. The summed E-state index contributed by atoms with van der Waals surface area (Å²) in [6.45, 7) is 0. The lowest BCUT2D eigenvalue weighted by molar-refractivity contribution is 0.104. The molecule has 0 radical (unpaired) electrons. The SMILES string of the molecule is CN(C)/C(=C\C(=C\C(=O)c1ccccc1)c1ccccc1)c1ccccc1. The van der Waals surface area contributed by atoms with E-state index in [1.54, 1.807) is 6.08 Å². The van der Waals surface area contributed by atoms with Gasteiger partial charge in [0.15, 0.2) is 5.78 Å². The maximum absolute atomic E-state index is 12.8. The standard InChI is InChI=1S/C25H23NO/c1-26(2)24(21-14-8-4-9-15-21)18-23(20-12-6-3-7-13-20)19-25(27)22-16-10-5-11-17-22/h3-19H,1-2H3/b23-19-,24-18-. The summed E-state index contributed by atoms with van der Waals surface area (Å²) in [6, 6.07) is 29.6. The average Bonchev–Trinajstić information content (AvgIpc) is 2.72. The van der Waals surface area contributed by atoms with E-state index in [2.05, 4.69) is 23.1 Å². The molecule has 0 N–H and O–H groups in total. The first kappa shape index (κ1) is 18.4. The molecule has 2 heteroatoms. The van der Waals surface area contributed by atoms with E-state index in [0.717, 1.165) is 22.4 Å². The van der Waals surface area contributed by atoms with Crippen molar-refractivity contribution in [3.05, 3.63) is 120 Å². The number of hydrogen-bond acceptors (Lipinski definition) is 2. The van der Waals surface area contributed by atoms with Crippen molar-refractivity contribution in [2.75, 3.05) is 14.1 Å². The first-order valence-corrected chi connectivity index (χ1v) is 8.96. The van der Waals surface area contributed by atoms with Crippen LogP contribution in [-0.4, -0.2) is 24.8 Å². The van der Waals surface area contributed by atoms with Gasteiger partial charge in [0.1, 0.15) is 0 Å². The summed E-state index contributed by atoms with van der Waals surface area (Å²) in [5, 5.41) is 0. The van der Waals surface area contributed by atoms with Crippen LogP contribution in [0.15, 0.2) is 103 Å². The Balaban J connectivity index is 2.10. The van der Waals surface area contributed by atoms with E-state index in [-0.39, 0.29) is 5.78 Å². The van der Waals surface area contributed by atoms with Gasteiger partial charge in [-0.3, -0.25) is 4.79 Å². The molecule has 0 amide bonds. The summed E-state index contributed by atoms with van der Waals surface area (Å²) in [5.41, 5.74) is 4.74. The number of carbonyl (C=O) groups excluding carboxylic acids is 1. The molecule has 134 valence electrons. The Labute approximate surface area is 161 Å². The van der Waals surface area contributed by atoms with Gasteiger partial charge in [0.2, 0.25) is 0 Å². The van der Waals surface area contributed by atoms with Crippen LogP contribution in [-0.2, 0) is 0 Å². The van der Waals surface area contributed by atoms with E-state index in [9.17, 15) is 4.79 Å². The number of rotatable bonds is 6. The average molecular weight is 353 g/mol. The Morgan fingerprint density at radius 2 is 1.07 bits per heavy atom. The molecule has 0 unspecified atom stereocenters. The van der Waals surface area contributed by atoms with Crippen LogP contribution in [0.5, 0.6) is 0 Å². The van der Waals surface area contributed by atoms with Gasteiger partial charge in [-0.05, 0) is 28.9 Å². The van der Waals surface area contributed by atoms with Crippen LogP contribution < -0.4 is 0 Å². The van der Waals surface area contributed by atoms with Gasteiger partial charge in [0.25, 0.3) is 0 Å². The van der Waals surface area contributed by atoms with Crippen molar-refractivity contribution in [3.8, 4) is 0 Å². The molecular formula is C25H23NO. The minimum atomic E-state index is -0.00290. The van der Waals surface area contributed by atoms with Crippen LogP contribution in [0.2, 0.25) is 0 Å². The summed E-state index contributed by atoms with van der Waals surface area (Å²) in [6.07, 6.45) is 3.79. The van der Waals surface area contributed by atoms with E-state index < -0.39 is 0 Å². The molecule has 0 aromatic heterocycles. The number of nitrogens with zero attached hydrogens (tertiary/aromatic N) is 1. The normalized spacial score (nSPS) is 11.9. The van der Waals surface area contributed by atoms with Gasteiger partial charge in [-0.15, -0.1) is 0 Å². The predicted molar refractivity (Wildman–Crippen MR) is 113 cm³/mol. The highest BCUT2D eigenvalue weighted by atomic mass is 16.1. The zero-order valence-electron chi connectivity index (χ0n) is 15.7. The number of carbonyl (C=O) groups is 1. The topological polar surface area (TPSA) is 20.3 Å². The van der Waals surface area contributed by atoms with Crippen LogP contribution in [0.4, 0.5) is 0 Å². The lowest BCUT2D eigenvalue weighted by atomic mass is 9.99. The quantitative estimate of drug-likeness (QED) is 0.329.